The highest BCUT2D eigenvalue weighted by Gasteiger charge is 2.58. The molecule has 4 aliphatic carbocycles. The molecule has 0 heterocycles. The standard InChI is InChI=1S/C28H40O4/c1-16(7-6-8-17(2)26(31)32)18-9-10-20-19(18)11-12-21-25(20)22(29)15-23-27(3,4)24(30)13-14-28(21,23)5/h8,16,18-20,23H,6-7,9-15H2,1-5H3,(H,31,32)/t16-,18-,19-,20-,23+,28-/m1/s1. The van der Waals surface area contributed by atoms with Gasteiger partial charge in [0, 0.05) is 23.8 Å². The normalized spacial score (nSPS) is 37.6. The van der Waals surface area contributed by atoms with E-state index in [1.807, 2.05) is 6.08 Å². The number of aliphatic carboxylic acids is 1. The van der Waals surface area contributed by atoms with Crippen molar-refractivity contribution in [3.05, 3.63) is 22.8 Å². The first-order valence-corrected chi connectivity index (χ1v) is 12.7. The minimum atomic E-state index is -0.833. The Labute approximate surface area is 192 Å². The van der Waals surface area contributed by atoms with E-state index in [-0.39, 0.29) is 11.3 Å². The molecule has 2 saturated carbocycles. The highest BCUT2D eigenvalue weighted by atomic mass is 16.4. The molecule has 0 aromatic rings. The molecule has 2 fully saturated rings. The Morgan fingerprint density at radius 1 is 1.16 bits per heavy atom. The maximum absolute atomic E-state index is 13.5. The van der Waals surface area contributed by atoms with Gasteiger partial charge in [-0.2, -0.15) is 0 Å². The Balaban J connectivity index is 1.55. The Hall–Kier alpha value is -1.71. The Morgan fingerprint density at radius 2 is 1.88 bits per heavy atom. The zero-order valence-electron chi connectivity index (χ0n) is 20.5. The molecule has 0 aliphatic heterocycles. The van der Waals surface area contributed by atoms with Gasteiger partial charge in [-0.25, -0.2) is 4.79 Å². The van der Waals surface area contributed by atoms with Crippen LogP contribution in [-0.4, -0.2) is 22.6 Å². The molecule has 0 aromatic heterocycles. The molecule has 4 heteroatoms. The van der Waals surface area contributed by atoms with E-state index >= 15 is 0 Å². The van der Waals surface area contributed by atoms with Gasteiger partial charge in [0.15, 0.2) is 5.78 Å². The molecule has 1 N–H and O–H groups in total. The summed E-state index contributed by atoms with van der Waals surface area (Å²) in [4.78, 5) is 37.2. The van der Waals surface area contributed by atoms with Crippen molar-refractivity contribution in [1.29, 1.82) is 0 Å². The molecule has 4 rings (SSSR count). The van der Waals surface area contributed by atoms with Crippen molar-refractivity contribution in [1.82, 2.24) is 0 Å². The number of carbonyl (C=O) groups excluding carboxylic acids is 2. The summed E-state index contributed by atoms with van der Waals surface area (Å²) in [7, 11) is 0. The molecule has 4 aliphatic rings. The highest BCUT2D eigenvalue weighted by Crippen LogP contribution is 2.63. The van der Waals surface area contributed by atoms with Crippen LogP contribution in [0, 0.1) is 40.4 Å². The van der Waals surface area contributed by atoms with Gasteiger partial charge in [0.1, 0.15) is 5.78 Å². The molecule has 176 valence electrons. The Kier molecular flexibility index (Phi) is 6.05. The van der Waals surface area contributed by atoms with Crippen molar-refractivity contribution in [2.45, 2.75) is 92.4 Å². The van der Waals surface area contributed by atoms with Gasteiger partial charge in [-0.1, -0.05) is 39.3 Å². The molecule has 32 heavy (non-hydrogen) atoms. The summed E-state index contributed by atoms with van der Waals surface area (Å²) in [6.07, 6.45) is 10.2. The molecule has 4 nitrogen and oxygen atoms in total. The van der Waals surface area contributed by atoms with Crippen LogP contribution in [0.1, 0.15) is 92.4 Å². The number of rotatable bonds is 5. The summed E-state index contributed by atoms with van der Waals surface area (Å²) >= 11 is 0. The summed E-state index contributed by atoms with van der Waals surface area (Å²) in [5.74, 6) is 2.10. The second-order valence-corrected chi connectivity index (χ2v) is 11.9. The quantitative estimate of drug-likeness (QED) is 0.520. The number of carboxylic acid groups (broad SMARTS) is 1. The molecular weight excluding hydrogens is 400 g/mol. The average Bonchev–Trinajstić information content (AvgIpc) is 3.17. The number of carbonyl (C=O) groups is 3. The fraction of sp³-hybridized carbons (Fsp3) is 0.750. The lowest BCUT2D eigenvalue weighted by molar-refractivity contribution is -0.141. The fourth-order valence-electron chi connectivity index (χ4n) is 8.08. The molecule has 0 aromatic carbocycles. The first kappa shape index (κ1) is 23.4. The first-order chi connectivity index (χ1) is 15.0. The van der Waals surface area contributed by atoms with Crippen molar-refractivity contribution in [2.75, 3.05) is 0 Å². The Bertz CT molecular complexity index is 891. The lowest BCUT2D eigenvalue weighted by Crippen LogP contribution is -2.53. The largest absolute Gasteiger partial charge is 0.478 e. The van der Waals surface area contributed by atoms with Crippen LogP contribution < -0.4 is 0 Å². The van der Waals surface area contributed by atoms with Gasteiger partial charge in [0.05, 0.1) is 0 Å². The van der Waals surface area contributed by atoms with E-state index in [4.69, 9.17) is 5.11 Å². The minimum absolute atomic E-state index is 0.00548. The first-order valence-electron chi connectivity index (χ1n) is 12.7. The molecule has 0 radical (unpaired) electrons. The number of Topliss-reactive ketones (excluding diaryl/α,β-unsaturated/α-hetero) is 2. The second kappa shape index (κ2) is 8.25. The number of ketones is 2. The molecule has 0 spiro atoms. The van der Waals surface area contributed by atoms with Crippen molar-refractivity contribution in [3.8, 4) is 0 Å². The predicted octanol–water partition coefficient (Wildman–Crippen LogP) is 6.15. The number of hydrogen-bond acceptors (Lipinski definition) is 3. The number of fused-ring (bicyclic) bond motifs is 4. The van der Waals surface area contributed by atoms with Gasteiger partial charge >= 0.3 is 5.97 Å². The van der Waals surface area contributed by atoms with Gasteiger partial charge in [0.2, 0.25) is 0 Å². The Morgan fingerprint density at radius 3 is 2.56 bits per heavy atom. The van der Waals surface area contributed by atoms with Crippen molar-refractivity contribution < 1.29 is 19.5 Å². The molecule has 0 unspecified atom stereocenters. The predicted molar refractivity (Wildman–Crippen MR) is 125 cm³/mol. The van der Waals surface area contributed by atoms with Crippen LogP contribution in [0.25, 0.3) is 0 Å². The maximum Gasteiger partial charge on any atom is 0.330 e. The lowest BCUT2D eigenvalue weighted by atomic mass is 9.47. The minimum Gasteiger partial charge on any atom is -0.478 e. The van der Waals surface area contributed by atoms with Crippen LogP contribution in [0.2, 0.25) is 0 Å². The van der Waals surface area contributed by atoms with Crippen LogP contribution in [0.4, 0.5) is 0 Å². The molecule has 6 atom stereocenters. The number of allylic oxidation sites excluding steroid dienone is 3. The van der Waals surface area contributed by atoms with Crippen LogP contribution >= 0.6 is 0 Å². The monoisotopic (exact) mass is 440 g/mol. The third-order valence-electron chi connectivity index (χ3n) is 10.1. The molecule has 0 amide bonds. The van der Waals surface area contributed by atoms with Crippen LogP contribution in [0.15, 0.2) is 22.8 Å². The van der Waals surface area contributed by atoms with E-state index in [9.17, 15) is 14.4 Å². The molecular formula is C28H40O4. The number of hydrogen-bond donors (Lipinski definition) is 1. The lowest BCUT2D eigenvalue weighted by Gasteiger charge is -2.55. The second-order valence-electron chi connectivity index (χ2n) is 11.9. The van der Waals surface area contributed by atoms with E-state index in [1.165, 1.54) is 17.6 Å². The van der Waals surface area contributed by atoms with Gasteiger partial charge in [-0.15, -0.1) is 0 Å². The topological polar surface area (TPSA) is 71.4 Å². The van der Waals surface area contributed by atoms with E-state index in [0.717, 1.165) is 38.5 Å². The number of carboxylic acids is 1. The van der Waals surface area contributed by atoms with E-state index < -0.39 is 11.4 Å². The smallest absolute Gasteiger partial charge is 0.330 e. The zero-order chi connectivity index (χ0) is 23.4. The van der Waals surface area contributed by atoms with E-state index in [1.54, 1.807) is 6.92 Å². The van der Waals surface area contributed by atoms with Gasteiger partial charge in [0.25, 0.3) is 0 Å². The molecule has 0 bridgehead atoms. The average molecular weight is 441 g/mol. The van der Waals surface area contributed by atoms with Gasteiger partial charge in [-0.05, 0) is 92.4 Å². The van der Waals surface area contributed by atoms with Gasteiger partial charge < -0.3 is 5.11 Å². The summed E-state index contributed by atoms with van der Waals surface area (Å²) in [5.41, 5.74) is 2.59. The van der Waals surface area contributed by atoms with Gasteiger partial charge in [-0.3, -0.25) is 9.59 Å². The summed E-state index contributed by atoms with van der Waals surface area (Å²) in [6, 6.07) is 0. The summed E-state index contributed by atoms with van der Waals surface area (Å²) in [6.45, 7) is 10.5. The van der Waals surface area contributed by atoms with Crippen molar-refractivity contribution in [2.24, 2.45) is 40.4 Å². The highest BCUT2D eigenvalue weighted by molar-refractivity contribution is 6.00. The van der Waals surface area contributed by atoms with E-state index in [2.05, 4.69) is 27.7 Å². The third-order valence-corrected chi connectivity index (χ3v) is 10.1. The van der Waals surface area contributed by atoms with Crippen LogP contribution in [-0.2, 0) is 14.4 Å². The van der Waals surface area contributed by atoms with E-state index in [0.29, 0.717) is 53.7 Å². The maximum atomic E-state index is 13.5. The summed E-state index contributed by atoms with van der Waals surface area (Å²) in [5, 5.41) is 9.07. The van der Waals surface area contributed by atoms with Crippen LogP contribution in [0.5, 0.6) is 0 Å². The fourth-order valence-corrected chi connectivity index (χ4v) is 8.08. The summed E-state index contributed by atoms with van der Waals surface area (Å²) < 4.78 is 0. The van der Waals surface area contributed by atoms with Crippen LogP contribution in [0.3, 0.4) is 0 Å². The third kappa shape index (κ3) is 3.62. The SMILES string of the molecule is CC(=CCC[C@@H](C)[C@H]1CC[C@H]2C3=C(CC[C@H]12)[C@@]1(C)CCC(=O)C(C)(C)[C@@H]1CC3=O)C(=O)O. The van der Waals surface area contributed by atoms with Crippen molar-refractivity contribution >= 4 is 17.5 Å². The zero-order valence-corrected chi connectivity index (χ0v) is 20.5. The molecule has 0 saturated heterocycles. The van der Waals surface area contributed by atoms with Crippen molar-refractivity contribution in [3.63, 3.8) is 0 Å².